The van der Waals surface area contributed by atoms with Crippen LogP contribution in [0.3, 0.4) is 0 Å². The summed E-state index contributed by atoms with van der Waals surface area (Å²) >= 11 is 0. The number of esters is 1. The Morgan fingerprint density at radius 3 is 2.68 bits per heavy atom. The molecule has 1 aromatic rings. The first-order valence-corrected chi connectivity index (χ1v) is 6.55. The van der Waals surface area contributed by atoms with Gasteiger partial charge in [0, 0.05) is 30.9 Å². The van der Waals surface area contributed by atoms with Gasteiger partial charge in [0.1, 0.15) is 0 Å². The number of ether oxygens (including phenoxy) is 2. The van der Waals surface area contributed by atoms with Gasteiger partial charge in [0.05, 0.1) is 23.7 Å². The maximum atomic E-state index is 11.9. The van der Waals surface area contributed by atoms with Crippen molar-refractivity contribution in [3.8, 4) is 0 Å². The molecule has 22 heavy (non-hydrogen) atoms. The third-order valence-electron chi connectivity index (χ3n) is 3.16. The fourth-order valence-corrected chi connectivity index (χ4v) is 1.94. The molecule has 1 aromatic carbocycles. The van der Waals surface area contributed by atoms with Crippen LogP contribution in [0.15, 0.2) is 18.2 Å². The molecule has 0 unspecified atom stereocenters. The molecule has 0 aliphatic carbocycles. The van der Waals surface area contributed by atoms with Crippen molar-refractivity contribution in [3.05, 3.63) is 33.9 Å². The molecule has 0 spiro atoms. The largest absolute Gasteiger partial charge is 0.452 e. The van der Waals surface area contributed by atoms with Gasteiger partial charge < -0.3 is 20.1 Å². The highest BCUT2D eigenvalue weighted by molar-refractivity contribution is 5.97. The summed E-state index contributed by atoms with van der Waals surface area (Å²) in [5, 5.41) is 10.7. The molecule has 0 radical (unpaired) electrons. The van der Waals surface area contributed by atoms with Crippen LogP contribution in [0.25, 0.3) is 0 Å². The molecule has 0 atom stereocenters. The quantitative estimate of drug-likeness (QED) is 0.364. The van der Waals surface area contributed by atoms with Crippen LogP contribution in [0.1, 0.15) is 10.4 Å². The predicted molar refractivity (Wildman–Crippen MR) is 75.2 cm³/mol. The van der Waals surface area contributed by atoms with Gasteiger partial charge in [-0.2, -0.15) is 0 Å². The molecule has 9 heteroatoms. The Labute approximate surface area is 125 Å². The van der Waals surface area contributed by atoms with Crippen LogP contribution >= 0.6 is 0 Å². The molecule has 1 saturated heterocycles. The number of anilines is 1. The minimum atomic E-state index is -0.872. The molecule has 0 saturated carbocycles. The number of nitrogen functional groups attached to an aromatic ring is 1. The van der Waals surface area contributed by atoms with Gasteiger partial charge in [-0.25, -0.2) is 4.79 Å². The van der Waals surface area contributed by atoms with Crippen molar-refractivity contribution in [2.45, 2.75) is 0 Å². The Bertz CT molecular complexity index is 597. The number of nitro benzene ring substituents is 1. The number of benzene rings is 1. The molecule has 2 N–H and O–H groups in total. The van der Waals surface area contributed by atoms with Crippen molar-refractivity contribution in [2.24, 2.45) is 0 Å². The van der Waals surface area contributed by atoms with Gasteiger partial charge in [-0.05, 0) is 6.07 Å². The van der Waals surface area contributed by atoms with Crippen molar-refractivity contribution in [1.29, 1.82) is 0 Å². The van der Waals surface area contributed by atoms with E-state index < -0.39 is 17.5 Å². The van der Waals surface area contributed by atoms with Crippen LogP contribution in [0.2, 0.25) is 0 Å². The molecule has 2 rings (SSSR count). The van der Waals surface area contributed by atoms with Crippen molar-refractivity contribution in [1.82, 2.24) is 4.90 Å². The number of nitro groups is 1. The fraction of sp³-hybridized carbons (Fsp3) is 0.385. The van der Waals surface area contributed by atoms with Crippen molar-refractivity contribution in [3.63, 3.8) is 0 Å². The Morgan fingerprint density at radius 2 is 2.05 bits per heavy atom. The van der Waals surface area contributed by atoms with Crippen molar-refractivity contribution >= 4 is 23.3 Å². The highest BCUT2D eigenvalue weighted by Gasteiger charge is 2.21. The maximum absolute atomic E-state index is 11.9. The topological polar surface area (TPSA) is 125 Å². The van der Waals surface area contributed by atoms with E-state index in [1.807, 2.05) is 0 Å². The molecular weight excluding hydrogens is 294 g/mol. The van der Waals surface area contributed by atoms with Gasteiger partial charge in [0.25, 0.3) is 11.6 Å². The number of carbonyl (C=O) groups excluding carboxylic acids is 2. The van der Waals surface area contributed by atoms with Crippen LogP contribution < -0.4 is 5.73 Å². The lowest BCUT2D eigenvalue weighted by Gasteiger charge is -2.26. The maximum Gasteiger partial charge on any atom is 0.341 e. The number of carbonyl (C=O) groups is 2. The molecule has 1 amide bonds. The third-order valence-corrected chi connectivity index (χ3v) is 3.16. The van der Waals surface area contributed by atoms with Crippen LogP contribution in [-0.4, -0.2) is 54.6 Å². The second kappa shape index (κ2) is 6.85. The number of rotatable bonds is 4. The van der Waals surface area contributed by atoms with E-state index in [1.165, 1.54) is 17.0 Å². The third kappa shape index (κ3) is 3.70. The fourth-order valence-electron chi connectivity index (χ4n) is 1.94. The number of non-ortho nitro benzene ring substituents is 1. The van der Waals surface area contributed by atoms with Crippen LogP contribution in [0.5, 0.6) is 0 Å². The second-order valence-electron chi connectivity index (χ2n) is 4.60. The highest BCUT2D eigenvalue weighted by Crippen LogP contribution is 2.20. The summed E-state index contributed by atoms with van der Waals surface area (Å²) in [6.07, 6.45) is 0. The SMILES string of the molecule is Nc1ccc([N+](=O)[O-])cc1C(=O)OCC(=O)N1CCOCC1. The molecular formula is C13H15N3O6. The Hall–Kier alpha value is -2.68. The number of amides is 1. The van der Waals surface area contributed by atoms with E-state index >= 15 is 0 Å². The van der Waals surface area contributed by atoms with Gasteiger partial charge in [0.2, 0.25) is 0 Å². The first-order chi connectivity index (χ1) is 10.5. The van der Waals surface area contributed by atoms with E-state index in [9.17, 15) is 19.7 Å². The number of nitrogens with two attached hydrogens (primary N) is 1. The summed E-state index contributed by atoms with van der Waals surface area (Å²) in [5.41, 5.74) is 5.24. The molecule has 1 aliphatic heterocycles. The lowest BCUT2D eigenvalue weighted by molar-refractivity contribution is -0.384. The highest BCUT2D eigenvalue weighted by atomic mass is 16.6. The summed E-state index contributed by atoms with van der Waals surface area (Å²) < 4.78 is 10.00. The van der Waals surface area contributed by atoms with Crippen LogP contribution in [0, 0.1) is 10.1 Å². The zero-order valence-corrected chi connectivity index (χ0v) is 11.7. The summed E-state index contributed by atoms with van der Waals surface area (Å²) in [6.45, 7) is 1.32. The first-order valence-electron chi connectivity index (χ1n) is 6.55. The number of morpholine rings is 1. The molecule has 0 aromatic heterocycles. The summed E-state index contributed by atoms with van der Waals surface area (Å²) in [6, 6.07) is 3.46. The van der Waals surface area contributed by atoms with Gasteiger partial charge in [-0.3, -0.25) is 14.9 Å². The molecule has 1 heterocycles. The zero-order valence-electron chi connectivity index (χ0n) is 11.7. The normalized spacial score (nSPS) is 14.5. The van der Waals surface area contributed by atoms with E-state index in [2.05, 4.69) is 0 Å². The predicted octanol–water partition coefficient (Wildman–Crippen LogP) is 0.193. The standard InChI is InChI=1S/C13H15N3O6/c14-11-2-1-9(16(19)20)7-10(11)13(18)22-8-12(17)15-3-5-21-6-4-15/h1-2,7H,3-6,8,14H2. The van der Waals surface area contributed by atoms with Gasteiger partial charge in [-0.1, -0.05) is 0 Å². The smallest absolute Gasteiger partial charge is 0.341 e. The Kier molecular flexibility index (Phi) is 4.89. The van der Waals surface area contributed by atoms with E-state index in [-0.39, 0.29) is 22.8 Å². The number of nitrogens with zero attached hydrogens (tertiary/aromatic N) is 2. The monoisotopic (exact) mass is 309 g/mol. The molecule has 1 fully saturated rings. The molecule has 9 nitrogen and oxygen atoms in total. The first kappa shape index (κ1) is 15.7. The van der Waals surface area contributed by atoms with E-state index in [1.54, 1.807) is 0 Å². The zero-order chi connectivity index (χ0) is 16.1. The van der Waals surface area contributed by atoms with Gasteiger partial charge in [0.15, 0.2) is 6.61 Å². The average molecular weight is 309 g/mol. The minimum absolute atomic E-state index is 0.0504. The van der Waals surface area contributed by atoms with E-state index in [0.717, 1.165) is 6.07 Å². The van der Waals surface area contributed by atoms with Crippen LogP contribution in [-0.2, 0) is 14.3 Å². The van der Waals surface area contributed by atoms with E-state index in [0.29, 0.717) is 26.3 Å². The molecule has 1 aliphatic rings. The molecule has 0 bridgehead atoms. The lowest BCUT2D eigenvalue weighted by Crippen LogP contribution is -2.42. The van der Waals surface area contributed by atoms with Crippen molar-refractivity contribution < 1.29 is 24.0 Å². The van der Waals surface area contributed by atoms with E-state index in [4.69, 9.17) is 15.2 Å². The second-order valence-corrected chi connectivity index (χ2v) is 4.60. The Morgan fingerprint density at radius 1 is 1.36 bits per heavy atom. The minimum Gasteiger partial charge on any atom is -0.452 e. The van der Waals surface area contributed by atoms with Crippen LogP contribution in [0.4, 0.5) is 11.4 Å². The summed E-state index contributed by atoms with van der Waals surface area (Å²) in [4.78, 5) is 35.3. The van der Waals surface area contributed by atoms with Gasteiger partial charge >= 0.3 is 5.97 Å². The number of hydrogen-bond acceptors (Lipinski definition) is 7. The molecule has 118 valence electrons. The Balaban J connectivity index is 1.98. The average Bonchev–Trinajstić information content (AvgIpc) is 2.53. The summed E-state index contributed by atoms with van der Waals surface area (Å²) in [7, 11) is 0. The summed E-state index contributed by atoms with van der Waals surface area (Å²) in [5.74, 6) is -1.22. The number of hydrogen-bond donors (Lipinski definition) is 1. The lowest BCUT2D eigenvalue weighted by atomic mass is 10.1. The van der Waals surface area contributed by atoms with Gasteiger partial charge in [-0.15, -0.1) is 0 Å². The van der Waals surface area contributed by atoms with Crippen molar-refractivity contribution in [2.75, 3.05) is 38.6 Å².